The van der Waals surface area contributed by atoms with Crippen LogP contribution in [0.25, 0.3) is 0 Å². The van der Waals surface area contributed by atoms with Crippen LogP contribution in [-0.4, -0.2) is 23.1 Å². The van der Waals surface area contributed by atoms with Gasteiger partial charge in [-0.3, -0.25) is 4.79 Å². The van der Waals surface area contributed by atoms with Gasteiger partial charge >= 0.3 is 11.9 Å². The summed E-state index contributed by atoms with van der Waals surface area (Å²) in [6, 6.07) is 5.70. The second kappa shape index (κ2) is 10.1. The van der Waals surface area contributed by atoms with Crippen molar-refractivity contribution >= 4 is 11.9 Å². The molecule has 0 saturated heterocycles. The molecule has 1 aliphatic rings. The van der Waals surface area contributed by atoms with Crippen molar-refractivity contribution in [3.05, 3.63) is 53.1 Å². The van der Waals surface area contributed by atoms with Gasteiger partial charge in [-0.1, -0.05) is 38.5 Å². The van der Waals surface area contributed by atoms with Gasteiger partial charge in [0.25, 0.3) is 0 Å². The molecule has 0 amide bonds. The van der Waals surface area contributed by atoms with E-state index in [2.05, 4.69) is 13.5 Å². The highest BCUT2D eigenvalue weighted by atomic mass is 16.5. The van der Waals surface area contributed by atoms with E-state index in [0.717, 1.165) is 48.1 Å². The quantitative estimate of drug-likeness (QED) is 0.270. The van der Waals surface area contributed by atoms with E-state index < -0.39 is 17.9 Å². The molecule has 0 fully saturated rings. The first kappa shape index (κ1) is 21.7. The van der Waals surface area contributed by atoms with E-state index >= 15 is 0 Å². The molecule has 1 aromatic rings. The summed E-state index contributed by atoms with van der Waals surface area (Å²) in [4.78, 5) is 23.9. The van der Waals surface area contributed by atoms with Gasteiger partial charge in [-0.2, -0.15) is 0 Å². The SMILES string of the molecule is C=C(C)C1Cc2cc(COC(=O)C(C)/C(=C/CCCCC)C(=O)O)ccc2O1. The third kappa shape index (κ3) is 5.72. The number of unbranched alkanes of at least 4 members (excludes halogenated alkanes) is 3. The van der Waals surface area contributed by atoms with Gasteiger partial charge in [0, 0.05) is 12.0 Å². The van der Waals surface area contributed by atoms with Gasteiger partial charge in [0.1, 0.15) is 18.5 Å². The number of rotatable bonds is 10. The molecule has 1 aliphatic heterocycles. The second-order valence-corrected chi connectivity index (χ2v) is 7.39. The summed E-state index contributed by atoms with van der Waals surface area (Å²) in [5.41, 5.74) is 3.00. The molecule has 0 saturated carbocycles. The maximum Gasteiger partial charge on any atom is 0.332 e. The predicted molar refractivity (Wildman–Crippen MR) is 108 cm³/mol. The summed E-state index contributed by atoms with van der Waals surface area (Å²) < 4.78 is 11.2. The van der Waals surface area contributed by atoms with Crippen LogP contribution < -0.4 is 4.74 Å². The van der Waals surface area contributed by atoms with Crippen LogP contribution in [0.1, 0.15) is 57.6 Å². The number of hydrogen-bond acceptors (Lipinski definition) is 4. The number of fused-ring (bicyclic) bond motifs is 1. The van der Waals surface area contributed by atoms with Crippen molar-refractivity contribution in [1.82, 2.24) is 0 Å². The van der Waals surface area contributed by atoms with Crippen LogP contribution in [-0.2, 0) is 27.4 Å². The molecular formula is C23H30O5. The lowest BCUT2D eigenvalue weighted by Gasteiger charge is -2.13. The normalized spacial score (nSPS) is 16.8. The number of hydrogen-bond donors (Lipinski definition) is 1. The number of ether oxygens (including phenoxy) is 2. The molecule has 1 heterocycles. The van der Waals surface area contributed by atoms with E-state index in [9.17, 15) is 14.7 Å². The maximum absolute atomic E-state index is 12.4. The number of aliphatic carboxylic acids is 1. The first-order chi connectivity index (χ1) is 13.3. The molecular weight excluding hydrogens is 356 g/mol. The molecule has 0 radical (unpaired) electrons. The Hall–Kier alpha value is -2.56. The minimum absolute atomic E-state index is 0.0104. The molecule has 2 rings (SSSR count). The molecule has 0 bridgehead atoms. The van der Waals surface area contributed by atoms with Gasteiger partial charge in [-0.15, -0.1) is 0 Å². The topological polar surface area (TPSA) is 72.8 Å². The van der Waals surface area contributed by atoms with E-state index in [0.29, 0.717) is 6.42 Å². The fourth-order valence-electron chi connectivity index (χ4n) is 3.17. The zero-order chi connectivity index (χ0) is 20.7. The Morgan fingerprint density at radius 3 is 2.79 bits per heavy atom. The minimum atomic E-state index is -1.07. The molecule has 0 aliphatic carbocycles. The lowest BCUT2D eigenvalue weighted by molar-refractivity contribution is -0.150. The van der Waals surface area contributed by atoms with Crippen LogP contribution >= 0.6 is 0 Å². The first-order valence-electron chi connectivity index (χ1n) is 9.87. The number of carboxylic acids is 1. The fraction of sp³-hybridized carbons (Fsp3) is 0.478. The summed E-state index contributed by atoms with van der Waals surface area (Å²) in [6.07, 6.45) is 6.06. The predicted octanol–water partition coefficient (Wildman–Crippen LogP) is 4.84. The average Bonchev–Trinajstić information content (AvgIpc) is 3.09. The Morgan fingerprint density at radius 2 is 2.14 bits per heavy atom. The van der Waals surface area contributed by atoms with E-state index in [-0.39, 0.29) is 18.3 Å². The standard InChI is InChI=1S/C23H30O5/c1-5-6-7-8-9-19(22(24)25)16(4)23(26)27-14-17-10-11-20-18(12-17)13-21(28-20)15(2)3/h9-12,16,21H,2,5-8,13-14H2,1,3-4H3,(H,24,25)/b19-9-. The van der Waals surface area contributed by atoms with Crippen LogP contribution in [0.3, 0.4) is 0 Å². The molecule has 0 aromatic heterocycles. The molecule has 2 unspecified atom stereocenters. The highest BCUT2D eigenvalue weighted by Crippen LogP contribution is 2.32. The summed E-state index contributed by atoms with van der Waals surface area (Å²) >= 11 is 0. The van der Waals surface area contributed by atoms with Crippen molar-refractivity contribution in [2.45, 2.75) is 65.6 Å². The zero-order valence-electron chi connectivity index (χ0n) is 17.0. The van der Waals surface area contributed by atoms with Crippen molar-refractivity contribution in [3.63, 3.8) is 0 Å². The van der Waals surface area contributed by atoms with Crippen LogP contribution in [0.2, 0.25) is 0 Å². The zero-order valence-corrected chi connectivity index (χ0v) is 17.0. The molecule has 152 valence electrons. The number of carboxylic acid groups (broad SMARTS) is 1. The summed E-state index contributed by atoms with van der Waals surface area (Å²) in [5.74, 6) is -1.56. The summed E-state index contributed by atoms with van der Waals surface area (Å²) in [7, 11) is 0. The van der Waals surface area contributed by atoms with Crippen LogP contribution in [0.15, 0.2) is 42.0 Å². The van der Waals surface area contributed by atoms with Gasteiger partial charge in [0.2, 0.25) is 0 Å². The molecule has 5 heteroatoms. The molecule has 2 atom stereocenters. The van der Waals surface area contributed by atoms with Gasteiger partial charge in [0.05, 0.1) is 5.92 Å². The third-order valence-corrected chi connectivity index (χ3v) is 4.97. The average molecular weight is 386 g/mol. The Kier molecular flexibility index (Phi) is 7.85. The van der Waals surface area contributed by atoms with E-state index in [1.54, 1.807) is 13.0 Å². The largest absolute Gasteiger partial charge is 0.485 e. The highest BCUT2D eigenvalue weighted by Gasteiger charge is 2.26. The fourth-order valence-corrected chi connectivity index (χ4v) is 3.17. The van der Waals surface area contributed by atoms with Gasteiger partial charge < -0.3 is 14.6 Å². The maximum atomic E-state index is 12.4. The second-order valence-electron chi connectivity index (χ2n) is 7.39. The van der Waals surface area contributed by atoms with Gasteiger partial charge in [-0.25, -0.2) is 4.79 Å². The molecule has 1 N–H and O–H groups in total. The Bertz CT molecular complexity index is 762. The summed E-state index contributed by atoms with van der Waals surface area (Å²) in [5, 5.41) is 9.41. The number of allylic oxidation sites excluding steroid dienone is 1. The lowest BCUT2D eigenvalue weighted by Crippen LogP contribution is -2.21. The Balaban J connectivity index is 1.95. The van der Waals surface area contributed by atoms with Crippen LogP contribution in [0, 0.1) is 5.92 Å². The summed E-state index contributed by atoms with van der Waals surface area (Å²) in [6.45, 7) is 9.65. The Morgan fingerprint density at radius 1 is 1.39 bits per heavy atom. The van der Waals surface area contributed by atoms with Crippen molar-refractivity contribution in [2.24, 2.45) is 5.92 Å². The number of benzene rings is 1. The molecule has 28 heavy (non-hydrogen) atoms. The first-order valence-corrected chi connectivity index (χ1v) is 9.87. The monoisotopic (exact) mass is 386 g/mol. The van der Waals surface area contributed by atoms with Crippen molar-refractivity contribution < 1.29 is 24.2 Å². The molecule has 0 spiro atoms. The lowest BCUT2D eigenvalue weighted by atomic mass is 9.99. The van der Waals surface area contributed by atoms with Gasteiger partial charge in [-0.05, 0) is 55.5 Å². The van der Waals surface area contributed by atoms with Crippen LogP contribution in [0.4, 0.5) is 0 Å². The van der Waals surface area contributed by atoms with Gasteiger partial charge in [0.15, 0.2) is 0 Å². The van der Waals surface area contributed by atoms with Crippen molar-refractivity contribution in [3.8, 4) is 5.75 Å². The van der Waals surface area contributed by atoms with E-state index in [4.69, 9.17) is 9.47 Å². The molecule has 1 aromatic carbocycles. The third-order valence-electron chi connectivity index (χ3n) is 4.97. The number of carbonyl (C=O) groups excluding carboxylic acids is 1. The van der Waals surface area contributed by atoms with Crippen LogP contribution in [0.5, 0.6) is 5.75 Å². The highest BCUT2D eigenvalue weighted by molar-refractivity contribution is 5.94. The minimum Gasteiger partial charge on any atom is -0.485 e. The van der Waals surface area contributed by atoms with Crippen molar-refractivity contribution in [1.29, 1.82) is 0 Å². The number of esters is 1. The van der Waals surface area contributed by atoms with Crippen molar-refractivity contribution in [2.75, 3.05) is 0 Å². The van der Waals surface area contributed by atoms with E-state index in [1.807, 2.05) is 25.1 Å². The number of carbonyl (C=O) groups is 2. The molecule has 5 nitrogen and oxygen atoms in total. The Labute approximate surface area is 167 Å². The smallest absolute Gasteiger partial charge is 0.332 e. The van der Waals surface area contributed by atoms with E-state index in [1.165, 1.54) is 0 Å².